The minimum Gasteiger partial charge on any atom is -0.494 e. The van der Waals surface area contributed by atoms with E-state index in [9.17, 15) is 0 Å². The van der Waals surface area contributed by atoms with E-state index < -0.39 is 0 Å². The Morgan fingerprint density at radius 3 is 2.88 bits per heavy atom. The van der Waals surface area contributed by atoms with Crippen molar-refractivity contribution in [3.8, 4) is 17.0 Å². The molecule has 0 radical (unpaired) electrons. The van der Waals surface area contributed by atoms with Crippen LogP contribution in [0.4, 0.5) is 0 Å². The first-order chi connectivity index (χ1) is 8.36. The second-order valence-electron chi connectivity index (χ2n) is 3.91. The van der Waals surface area contributed by atoms with Gasteiger partial charge in [0.25, 0.3) is 0 Å². The number of benzene rings is 1. The molecular weight excluding hydrogens is 232 g/mol. The third kappa shape index (κ3) is 2.05. The van der Waals surface area contributed by atoms with Crippen molar-refractivity contribution in [2.75, 3.05) is 12.4 Å². The highest BCUT2D eigenvalue weighted by Gasteiger charge is 2.14. The van der Waals surface area contributed by atoms with Gasteiger partial charge < -0.3 is 9.30 Å². The number of ether oxygens (including phenoxy) is 1. The average Bonchev–Trinajstić information content (AvgIpc) is 2.90. The van der Waals surface area contributed by atoms with E-state index in [1.807, 2.05) is 30.8 Å². The molecule has 2 aromatic rings. The van der Waals surface area contributed by atoms with Crippen molar-refractivity contribution in [2.45, 2.75) is 18.6 Å². The molecule has 0 bridgehead atoms. The number of fused-ring (bicyclic) bond motifs is 1. The molecule has 88 valence electrons. The molecule has 0 saturated heterocycles. The predicted octanol–water partition coefficient (Wildman–Crippen LogP) is 3.05. The summed E-state index contributed by atoms with van der Waals surface area (Å²) in [5.74, 6) is 2.06. The third-order valence-corrected chi connectivity index (χ3v) is 3.74. The van der Waals surface area contributed by atoms with Gasteiger partial charge in [-0.2, -0.15) is 0 Å². The SMILES string of the molecule is CCOc1ccc(-c2cn3c(n2)SCC3)cc1. The van der Waals surface area contributed by atoms with Gasteiger partial charge in [-0.05, 0) is 31.2 Å². The van der Waals surface area contributed by atoms with Gasteiger partial charge in [-0.3, -0.25) is 0 Å². The zero-order valence-electron chi connectivity index (χ0n) is 9.72. The van der Waals surface area contributed by atoms with Gasteiger partial charge in [0.2, 0.25) is 0 Å². The summed E-state index contributed by atoms with van der Waals surface area (Å²) in [5.41, 5.74) is 2.20. The lowest BCUT2D eigenvalue weighted by atomic mass is 10.2. The van der Waals surface area contributed by atoms with E-state index in [4.69, 9.17) is 4.74 Å². The van der Waals surface area contributed by atoms with Crippen molar-refractivity contribution in [3.63, 3.8) is 0 Å². The van der Waals surface area contributed by atoms with Crippen molar-refractivity contribution in [1.82, 2.24) is 9.55 Å². The lowest BCUT2D eigenvalue weighted by Crippen LogP contribution is -1.91. The molecule has 0 spiro atoms. The van der Waals surface area contributed by atoms with Gasteiger partial charge >= 0.3 is 0 Å². The first-order valence-corrected chi connectivity index (χ1v) is 6.78. The summed E-state index contributed by atoms with van der Waals surface area (Å²) < 4.78 is 7.65. The van der Waals surface area contributed by atoms with E-state index in [-0.39, 0.29) is 0 Å². The summed E-state index contributed by atoms with van der Waals surface area (Å²) >= 11 is 1.82. The first-order valence-electron chi connectivity index (χ1n) is 5.80. The number of aryl methyl sites for hydroxylation is 1. The largest absolute Gasteiger partial charge is 0.494 e. The standard InChI is InChI=1S/C13H14N2OS/c1-2-16-11-5-3-10(4-6-11)12-9-15-7-8-17-13(15)14-12/h3-6,9H,2,7-8H2,1H3. The molecule has 1 aromatic carbocycles. The van der Waals surface area contributed by atoms with Gasteiger partial charge in [0.05, 0.1) is 12.3 Å². The molecule has 0 unspecified atom stereocenters. The quantitative estimate of drug-likeness (QED) is 0.833. The molecule has 0 atom stereocenters. The number of thioether (sulfide) groups is 1. The Morgan fingerprint density at radius 2 is 2.18 bits per heavy atom. The number of nitrogens with zero attached hydrogens (tertiary/aromatic N) is 2. The van der Waals surface area contributed by atoms with Gasteiger partial charge in [0.15, 0.2) is 5.16 Å². The first kappa shape index (κ1) is 10.7. The van der Waals surface area contributed by atoms with Crippen LogP contribution in [0.2, 0.25) is 0 Å². The molecule has 0 saturated carbocycles. The number of imidazole rings is 1. The molecular formula is C13H14N2OS. The van der Waals surface area contributed by atoms with Gasteiger partial charge in [-0.1, -0.05) is 11.8 Å². The number of rotatable bonds is 3. The van der Waals surface area contributed by atoms with Gasteiger partial charge in [0, 0.05) is 24.1 Å². The van der Waals surface area contributed by atoms with E-state index in [0.717, 1.165) is 34.5 Å². The summed E-state index contributed by atoms with van der Waals surface area (Å²) in [6.07, 6.45) is 2.13. The van der Waals surface area contributed by atoms with Crippen LogP contribution in [0.5, 0.6) is 5.75 Å². The Morgan fingerprint density at radius 1 is 1.35 bits per heavy atom. The highest BCUT2D eigenvalue weighted by molar-refractivity contribution is 7.99. The fourth-order valence-electron chi connectivity index (χ4n) is 1.94. The minimum absolute atomic E-state index is 0.703. The van der Waals surface area contributed by atoms with Crippen LogP contribution < -0.4 is 4.74 Å². The van der Waals surface area contributed by atoms with E-state index in [1.165, 1.54) is 0 Å². The second kappa shape index (κ2) is 4.45. The lowest BCUT2D eigenvalue weighted by molar-refractivity contribution is 0.340. The molecule has 0 fully saturated rings. The molecule has 2 heterocycles. The number of aromatic nitrogens is 2. The van der Waals surface area contributed by atoms with Crippen molar-refractivity contribution < 1.29 is 4.74 Å². The van der Waals surface area contributed by atoms with Gasteiger partial charge in [0.1, 0.15) is 5.75 Å². The summed E-state index contributed by atoms with van der Waals surface area (Å²) in [7, 11) is 0. The third-order valence-electron chi connectivity index (χ3n) is 2.76. The van der Waals surface area contributed by atoms with Gasteiger partial charge in [-0.15, -0.1) is 0 Å². The second-order valence-corrected chi connectivity index (χ2v) is 4.97. The Bertz CT molecular complexity index is 497. The molecule has 1 aliphatic rings. The van der Waals surface area contributed by atoms with Crippen LogP contribution in [0.25, 0.3) is 11.3 Å². The number of hydrogen-bond donors (Lipinski definition) is 0. The maximum atomic E-state index is 5.43. The number of hydrogen-bond acceptors (Lipinski definition) is 3. The average molecular weight is 246 g/mol. The maximum absolute atomic E-state index is 5.43. The zero-order valence-corrected chi connectivity index (χ0v) is 10.5. The van der Waals surface area contributed by atoms with Crippen LogP contribution in [-0.4, -0.2) is 21.9 Å². The molecule has 4 heteroatoms. The van der Waals surface area contributed by atoms with E-state index >= 15 is 0 Å². The molecule has 1 aromatic heterocycles. The summed E-state index contributed by atoms with van der Waals surface area (Å²) in [5, 5.41) is 1.13. The smallest absolute Gasteiger partial charge is 0.168 e. The zero-order chi connectivity index (χ0) is 11.7. The van der Waals surface area contributed by atoms with Crippen LogP contribution in [0, 0.1) is 0 Å². The van der Waals surface area contributed by atoms with Crippen molar-refractivity contribution >= 4 is 11.8 Å². The van der Waals surface area contributed by atoms with Crippen molar-refractivity contribution in [3.05, 3.63) is 30.5 Å². The van der Waals surface area contributed by atoms with Crippen LogP contribution in [0.3, 0.4) is 0 Å². The van der Waals surface area contributed by atoms with Crippen LogP contribution in [-0.2, 0) is 6.54 Å². The monoisotopic (exact) mass is 246 g/mol. The fraction of sp³-hybridized carbons (Fsp3) is 0.308. The highest BCUT2D eigenvalue weighted by atomic mass is 32.2. The minimum atomic E-state index is 0.703. The molecule has 1 aliphatic heterocycles. The molecule has 3 nitrogen and oxygen atoms in total. The molecule has 0 aliphatic carbocycles. The predicted molar refractivity (Wildman–Crippen MR) is 69.6 cm³/mol. The fourth-order valence-corrected chi connectivity index (χ4v) is 2.88. The van der Waals surface area contributed by atoms with Gasteiger partial charge in [-0.25, -0.2) is 4.98 Å². The Balaban J connectivity index is 1.87. The van der Waals surface area contributed by atoms with Crippen molar-refractivity contribution in [2.24, 2.45) is 0 Å². The Labute approximate surface area is 105 Å². The highest BCUT2D eigenvalue weighted by Crippen LogP contribution is 2.29. The van der Waals surface area contributed by atoms with E-state index in [1.54, 1.807) is 0 Å². The van der Waals surface area contributed by atoms with Crippen LogP contribution in [0.15, 0.2) is 35.6 Å². The normalized spacial score (nSPS) is 13.7. The Kier molecular flexibility index (Phi) is 2.81. The van der Waals surface area contributed by atoms with Crippen LogP contribution in [0.1, 0.15) is 6.92 Å². The Hall–Kier alpha value is -1.42. The maximum Gasteiger partial charge on any atom is 0.168 e. The summed E-state index contributed by atoms with van der Waals surface area (Å²) in [6.45, 7) is 3.77. The van der Waals surface area contributed by atoms with Crippen molar-refractivity contribution in [1.29, 1.82) is 0 Å². The summed E-state index contributed by atoms with van der Waals surface area (Å²) in [4.78, 5) is 4.62. The molecule has 17 heavy (non-hydrogen) atoms. The van der Waals surface area contributed by atoms with E-state index in [0.29, 0.717) is 6.61 Å². The van der Waals surface area contributed by atoms with Crippen LogP contribution >= 0.6 is 11.8 Å². The van der Waals surface area contributed by atoms with E-state index in [2.05, 4.69) is 27.9 Å². The molecule has 0 amide bonds. The summed E-state index contributed by atoms with van der Waals surface area (Å²) in [6, 6.07) is 8.12. The molecule has 3 rings (SSSR count). The molecule has 0 N–H and O–H groups in total. The topological polar surface area (TPSA) is 27.1 Å². The lowest BCUT2D eigenvalue weighted by Gasteiger charge is -2.03.